The molecule has 0 unspecified atom stereocenters. The highest BCUT2D eigenvalue weighted by molar-refractivity contribution is 5.41. The van der Waals surface area contributed by atoms with Gasteiger partial charge in [0.1, 0.15) is 11.6 Å². The van der Waals surface area contributed by atoms with Crippen LogP contribution in [0.2, 0.25) is 0 Å². The number of hydrogen-bond acceptors (Lipinski definition) is 6. The summed E-state index contributed by atoms with van der Waals surface area (Å²) in [6, 6.07) is 7.85. The van der Waals surface area contributed by atoms with Crippen molar-refractivity contribution < 1.29 is 14.7 Å². The van der Waals surface area contributed by atoms with Crippen LogP contribution in [0.3, 0.4) is 0 Å². The lowest BCUT2D eigenvalue weighted by molar-refractivity contribution is -0.121. The van der Waals surface area contributed by atoms with E-state index in [1.54, 1.807) is 0 Å². The lowest BCUT2D eigenvalue weighted by atomic mass is 9.62. The summed E-state index contributed by atoms with van der Waals surface area (Å²) in [4.78, 5) is 11.9. The summed E-state index contributed by atoms with van der Waals surface area (Å²) in [6.45, 7) is 9.50. The minimum Gasteiger partial charge on any atom is -0.490 e. The largest absolute Gasteiger partial charge is 0.490 e. The molecule has 2 fully saturated rings. The number of nitrogens with zero attached hydrogens (tertiary/aromatic N) is 4. The number of aryl methyl sites for hydroxylation is 2. The Morgan fingerprint density at radius 2 is 2.09 bits per heavy atom. The molecule has 2 heterocycles. The Morgan fingerprint density at radius 3 is 2.79 bits per heavy atom. The Morgan fingerprint density at radius 1 is 1.30 bits per heavy atom. The number of hydrogen-bond donors (Lipinski definition) is 1. The third-order valence-corrected chi connectivity index (χ3v) is 6.32. The minimum absolute atomic E-state index is 0.240. The number of benzene rings is 1. The van der Waals surface area contributed by atoms with Crippen molar-refractivity contribution in [1.29, 1.82) is 0 Å². The van der Waals surface area contributed by atoms with Gasteiger partial charge in [-0.3, -0.25) is 4.90 Å². The maximum absolute atomic E-state index is 9.02. The molecule has 1 aliphatic carbocycles. The van der Waals surface area contributed by atoms with Crippen LogP contribution in [0.5, 0.6) is 5.75 Å². The zero-order chi connectivity index (χ0) is 23.1. The molecule has 1 aromatic carbocycles. The number of imidazole rings is 1. The second-order valence-electron chi connectivity index (χ2n) is 8.82. The maximum atomic E-state index is 9.02. The number of likely N-dealkylation sites (tertiary alicyclic amines) is 1. The van der Waals surface area contributed by atoms with Gasteiger partial charge in [0.25, 0.3) is 0 Å². The van der Waals surface area contributed by atoms with E-state index in [4.69, 9.17) is 14.7 Å². The maximum Gasteiger partial charge on any atom is 0.204 e. The van der Waals surface area contributed by atoms with E-state index < -0.39 is 0 Å². The number of β-amino-alcohol motifs (C(OH)–C–C–N with tert-alkyl or cyclic N) is 1. The molecule has 33 heavy (non-hydrogen) atoms. The summed E-state index contributed by atoms with van der Waals surface area (Å²) in [5.41, 5.74) is 1.30. The van der Waals surface area contributed by atoms with Crippen LogP contribution in [0.4, 0.5) is 0 Å². The first-order chi connectivity index (χ1) is 16.1. The summed E-state index contributed by atoms with van der Waals surface area (Å²) >= 11 is 0. The molecule has 1 saturated heterocycles. The average molecular weight is 449 g/mol. The van der Waals surface area contributed by atoms with Gasteiger partial charge in [-0.15, -0.1) is 0 Å². The van der Waals surface area contributed by atoms with Gasteiger partial charge in [0.05, 0.1) is 12.7 Å². The normalized spacial score (nSPS) is 17.6. The van der Waals surface area contributed by atoms with Gasteiger partial charge in [-0.25, -0.2) is 4.98 Å². The molecule has 0 atom stereocenters. The molecule has 2 aromatic rings. The molecule has 1 spiro atoms. The number of rotatable bonds is 10. The average Bonchev–Trinajstić information content (AvgIpc) is 3.23. The van der Waals surface area contributed by atoms with Crippen molar-refractivity contribution in [2.75, 3.05) is 26.2 Å². The number of aliphatic hydroxyl groups is 1. The molecule has 1 aromatic heterocycles. The quantitative estimate of drug-likeness (QED) is 0.262. The van der Waals surface area contributed by atoms with E-state index in [0.29, 0.717) is 11.2 Å². The lowest BCUT2D eigenvalue weighted by Gasteiger charge is -2.58. The monoisotopic (exact) mass is 448 g/mol. The Labute approximate surface area is 195 Å². The van der Waals surface area contributed by atoms with Crippen LogP contribution in [0.25, 0.3) is 0 Å². The Kier molecular flexibility index (Phi) is 7.48. The Balaban J connectivity index is 1.26. The van der Waals surface area contributed by atoms with Gasteiger partial charge in [0.15, 0.2) is 0 Å². The van der Waals surface area contributed by atoms with Gasteiger partial charge in [0.2, 0.25) is 5.76 Å². The van der Waals surface area contributed by atoms with E-state index in [9.17, 15) is 0 Å². The Bertz CT molecular complexity index is 1020. The fourth-order valence-electron chi connectivity index (χ4n) is 4.77. The third-order valence-electron chi connectivity index (χ3n) is 6.32. The van der Waals surface area contributed by atoms with Crippen molar-refractivity contribution in [3.05, 3.63) is 59.9 Å². The van der Waals surface area contributed by atoms with E-state index in [1.807, 2.05) is 42.7 Å². The lowest BCUT2D eigenvalue weighted by Crippen LogP contribution is -2.64. The Hall–Kier alpha value is -3.08. The number of aliphatic hydroxyl groups excluding tert-OH is 1. The van der Waals surface area contributed by atoms with Crippen molar-refractivity contribution in [2.45, 2.75) is 45.3 Å². The highest BCUT2D eigenvalue weighted by atomic mass is 16.6. The summed E-state index contributed by atoms with van der Waals surface area (Å²) in [5.74, 6) is 8.58. The van der Waals surface area contributed by atoms with Gasteiger partial charge in [-0.1, -0.05) is 18.0 Å². The van der Waals surface area contributed by atoms with Gasteiger partial charge in [0, 0.05) is 62.7 Å². The van der Waals surface area contributed by atoms with Gasteiger partial charge in [-0.05, 0) is 55.5 Å². The van der Waals surface area contributed by atoms with E-state index in [-0.39, 0.29) is 12.7 Å². The van der Waals surface area contributed by atoms with Crippen LogP contribution >= 0.6 is 0 Å². The first-order valence-corrected chi connectivity index (χ1v) is 11.6. The van der Waals surface area contributed by atoms with E-state index in [2.05, 4.69) is 45.1 Å². The van der Waals surface area contributed by atoms with Crippen molar-refractivity contribution in [3.8, 4) is 17.6 Å². The summed E-state index contributed by atoms with van der Waals surface area (Å²) in [6.07, 6.45) is 9.85. The molecular formula is C26H32N4O3. The standard InChI is InChI=1S/C26H32N4O3/c1-3-25-28-12-14-30(25)13-4-5-23(33-27-2)11-8-21-6-9-22(10-7-21)32-24-17-26(18-24)19-29(20-26)15-16-31/h5-7,9-10,12,14,24,31H,2-4,13,15-20H2,1H3/b23-5-. The first-order valence-electron chi connectivity index (χ1n) is 11.6. The molecule has 174 valence electrons. The number of oxime groups is 1. The van der Waals surface area contributed by atoms with E-state index in [1.165, 1.54) is 0 Å². The molecule has 0 amide bonds. The predicted molar refractivity (Wildman–Crippen MR) is 128 cm³/mol. The first kappa shape index (κ1) is 23.1. The summed E-state index contributed by atoms with van der Waals surface area (Å²) < 4.78 is 8.25. The third kappa shape index (κ3) is 5.84. The SMILES string of the molecule is C=NO/C(C#Cc1ccc(OC2CC3(C2)CN(CCO)C3)cc1)=C\CCn1ccnc1CC. The molecule has 1 N–H and O–H groups in total. The number of allylic oxidation sites excluding steroid dienone is 2. The van der Waals surface area contributed by atoms with Crippen LogP contribution < -0.4 is 4.74 Å². The molecule has 0 radical (unpaired) electrons. The second kappa shape index (κ2) is 10.7. The predicted octanol–water partition coefficient (Wildman–Crippen LogP) is 3.24. The highest BCUT2D eigenvalue weighted by Crippen LogP contribution is 2.49. The number of aromatic nitrogens is 2. The van der Waals surface area contributed by atoms with E-state index in [0.717, 1.165) is 69.0 Å². The highest BCUT2D eigenvalue weighted by Gasteiger charge is 2.52. The van der Waals surface area contributed by atoms with Crippen molar-refractivity contribution in [3.63, 3.8) is 0 Å². The van der Waals surface area contributed by atoms with Gasteiger partial charge < -0.3 is 19.2 Å². The molecule has 1 saturated carbocycles. The zero-order valence-electron chi connectivity index (χ0n) is 19.2. The molecule has 7 heteroatoms. The van der Waals surface area contributed by atoms with Crippen molar-refractivity contribution >= 4 is 6.72 Å². The molecule has 1 aliphatic heterocycles. The summed E-state index contributed by atoms with van der Waals surface area (Å²) in [7, 11) is 0. The second-order valence-corrected chi connectivity index (χ2v) is 8.82. The van der Waals surface area contributed by atoms with Gasteiger partial charge in [-0.2, -0.15) is 0 Å². The zero-order valence-corrected chi connectivity index (χ0v) is 19.2. The van der Waals surface area contributed by atoms with E-state index >= 15 is 0 Å². The van der Waals surface area contributed by atoms with Gasteiger partial charge >= 0.3 is 0 Å². The van der Waals surface area contributed by atoms with Crippen molar-refractivity contribution in [2.24, 2.45) is 10.6 Å². The molecule has 7 nitrogen and oxygen atoms in total. The van der Waals surface area contributed by atoms with Crippen LogP contribution in [0, 0.1) is 17.3 Å². The van der Waals surface area contributed by atoms with Crippen LogP contribution in [-0.4, -0.2) is 58.6 Å². The van der Waals surface area contributed by atoms with Crippen molar-refractivity contribution in [1.82, 2.24) is 14.5 Å². The topological polar surface area (TPSA) is 72.1 Å². The molecule has 2 aliphatic rings. The smallest absolute Gasteiger partial charge is 0.204 e. The van der Waals surface area contributed by atoms with Crippen LogP contribution in [0.1, 0.15) is 37.6 Å². The molecular weight excluding hydrogens is 416 g/mol. The number of ether oxygens (including phenoxy) is 1. The minimum atomic E-state index is 0.240. The molecule has 4 rings (SSSR count). The summed E-state index contributed by atoms with van der Waals surface area (Å²) in [5, 5.41) is 12.5. The van der Waals surface area contributed by atoms with Crippen LogP contribution in [0.15, 0.2) is 53.7 Å². The fourth-order valence-corrected chi connectivity index (χ4v) is 4.77. The molecule has 0 bridgehead atoms. The fraction of sp³-hybridized carbons (Fsp3) is 0.462. The van der Waals surface area contributed by atoms with Crippen LogP contribution in [-0.2, 0) is 17.8 Å².